The summed E-state index contributed by atoms with van der Waals surface area (Å²) in [5, 5.41) is 3.79. The molecule has 0 spiro atoms. The topological polar surface area (TPSA) is 33.7 Å². The van der Waals surface area contributed by atoms with Gasteiger partial charge in [-0.05, 0) is 26.2 Å². The van der Waals surface area contributed by atoms with Crippen molar-refractivity contribution in [2.45, 2.75) is 57.7 Å². The number of hydrogen-bond donors (Lipinski definition) is 1. The van der Waals surface area contributed by atoms with E-state index in [1.807, 2.05) is 0 Å². The van der Waals surface area contributed by atoms with Crippen LogP contribution < -0.4 is 5.32 Å². The zero-order valence-electron chi connectivity index (χ0n) is 12.6. The quantitative estimate of drug-likeness (QED) is 0.795. The first kappa shape index (κ1) is 15.2. The van der Waals surface area contributed by atoms with Crippen LogP contribution in [0.5, 0.6) is 0 Å². The maximum absolute atomic E-state index is 5.81. The summed E-state index contributed by atoms with van der Waals surface area (Å²) >= 11 is 0. The van der Waals surface area contributed by atoms with Crippen molar-refractivity contribution in [3.8, 4) is 0 Å². The van der Waals surface area contributed by atoms with Crippen molar-refractivity contribution in [2.24, 2.45) is 0 Å². The number of hydrogen-bond acceptors (Lipinski definition) is 4. The Labute approximate surface area is 117 Å². The SMILES string of the molecule is CCCC1CC(NC(C)CN2CCOCC2)CCO1. The summed E-state index contributed by atoms with van der Waals surface area (Å²) in [5.74, 6) is 0. The Bertz CT molecular complexity index is 242. The molecule has 0 aliphatic carbocycles. The molecule has 0 saturated carbocycles. The smallest absolute Gasteiger partial charge is 0.0594 e. The van der Waals surface area contributed by atoms with Gasteiger partial charge in [-0.25, -0.2) is 0 Å². The zero-order chi connectivity index (χ0) is 13.5. The zero-order valence-corrected chi connectivity index (χ0v) is 12.6. The summed E-state index contributed by atoms with van der Waals surface area (Å²) < 4.78 is 11.2. The third-order valence-electron chi connectivity index (χ3n) is 4.13. The van der Waals surface area contributed by atoms with Crippen LogP contribution in [-0.4, -0.2) is 62.5 Å². The monoisotopic (exact) mass is 270 g/mol. The molecule has 4 nitrogen and oxygen atoms in total. The Hall–Kier alpha value is -0.160. The van der Waals surface area contributed by atoms with E-state index >= 15 is 0 Å². The van der Waals surface area contributed by atoms with Gasteiger partial charge in [-0.15, -0.1) is 0 Å². The van der Waals surface area contributed by atoms with Crippen molar-refractivity contribution in [2.75, 3.05) is 39.5 Å². The average molecular weight is 270 g/mol. The predicted octanol–water partition coefficient (Wildman–Crippen LogP) is 1.64. The molecule has 4 heteroatoms. The van der Waals surface area contributed by atoms with Gasteiger partial charge in [0.2, 0.25) is 0 Å². The lowest BCUT2D eigenvalue weighted by Crippen LogP contribution is -2.49. The highest BCUT2D eigenvalue weighted by molar-refractivity contribution is 4.80. The van der Waals surface area contributed by atoms with Gasteiger partial charge in [-0.1, -0.05) is 13.3 Å². The second kappa shape index (κ2) is 8.20. The lowest BCUT2D eigenvalue weighted by Gasteiger charge is -2.34. The lowest BCUT2D eigenvalue weighted by molar-refractivity contribution is -0.00698. The minimum absolute atomic E-state index is 0.479. The van der Waals surface area contributed by atoms with Crippen molar-refractivity contribution < 1.29 is 9.47 Å². The highest BCUT2D eigenvalue weighted by Gasteiger charge is 2.23. The summed E-state index contributed by atoms with van der Waals surface area (Å²) in [7, 11) is 0. The van der Waals surface area contributed by atoms with Crippen LogP contribution in [0.2, 0.25) is 0 Å². The molecule has 0 aromatic carbocycles. The molecule has 112 valence electrons. The van der Waals surface area contributed by atoms with Gasteiger partial charge in [0.15, 0.2) is 0 Å². The van der Waals surface area contributed by atoms with E-state index in [-0.39, 0.29) is 0 Å². The van der Waals surface area contributed by atoms with Crippen molar-refractivity contribution in [3.05, 3.63) is 0 Å². The van der Waals surface area contributed by atoms with E-state index in [2.05, 4.69) is 24.1 Å². The highest BCUT2D eigenvalue weighted by Crippen LogP contribution is 2.18. The normalized spacial score (nSPS) is 31.3. The third-order valence-corrected chi connectivity index (χ3v) is 4.13. The Morgan fingerprint density at radius 2 is 2.05 bits per heavy atom. The van der Waals surface area contributed by atoms with E-state index in [1.54, 1.807) is 0 Å². The second-order valence-electron chi connectivity index (χ2n) is 5.98. The van der Waals surface area contributed by atoms with Gasteiger partial charge >= 0.3 is 0 Å². The van der Waals surface area contributed by atoms with Crippen LogP contribution in [0, 0.1) is 0 Å². The maximum atomic E-state index is 5.81. The fourth-order valence-corrected chi connectivity index (χ4v) is 3.18. The number of morpholine rings is 1. The van der Waals surface area contributed by atoms with Crippen LogP contribution in [0.15, 0.2) is 0 Å². The molecule has 1 N–H and O–H groups in total. The molecule has 0 aromatic rings. The molecule has 2 aliphatic heterocycles. The molecule has 2 rings (SSSR count). The molecule has 3 atom stereocenters. The second-order valence-corrected chi connectivity index (χ2v) is 5.98. The Balaban J connectivity index is 1.67. The fraction of sp³-hybridized carbons (Fsp3) is 1.00. The lowest BCUT2D eigenvalue weighted by atomic mass is 9.99. The molecule has 0 amide bonds. The van der Waals surface area contributed by atoms with Crippen molar-refractivity contribution in [1.82, 2.24) is 10.2 Å². The van der Waals surface area contributed by atoms with Crippen LogP contribution in [0.25, 0.3) is 0 Å². The molecule has 19 heavy (non-hydrogen) atoms. The molecule has 0 radical (unpaired) electrons. The van der Waals surface area contributed by atoms with Gasteiger partial charge in [0, 0.05) is 38.3 Å². The maximum Gasteiger partial charge on any atom is 0.0594 e. The van der Waals surface area contributed by atoms with E-state index in [1.165, 1.54) is 19.3 Å². The summed E-state index contributed by atoms with van der Waals surface area (Å²) in [6.07, 6.45) is 5.25. The molecule has 2 heterocycles. The first-order valence-electron chi connectivity index (χ1n) is 7.95. The molecule has 3 unspecified atom stereocenters. The predicted molar refractivity (Wildman–Crippen MR) is 77.5 cm³/mol. The first-order valence-corrected chi connectivity index (χ1v) is 7.95. The van der Waals surface area contributed by atoms with Gasteiger partial charge in [-0.2, -0.15) is 0 Å². The molecule has 2 saturated heterocycles. The van der Waals surface area contributed by atoms with Gasteiger partial charge in [0.25, 0.3) is 0 Å². The van der Waals surface area contributed by atoms with Crippen molar-refractivity contribution >= 4 is 0 Å². The van der Waals surface area contributed by atoms with Crippen LogP contribution in [-0.2, 0) is 9.47 Å². The number of nitrogens with one attached hydrogen (secondary N) is 1. The Kier molecular flexibility index (Phi) is 6.57. The minimum atomic E-state index is 0.479. The summed E-state index contributed by atoms with van der Waals surface area (Å²) in [6, 6.07) is 1.20. The van der Waals surface area contributed by atoms with Crippen LogP contribution in [0.4, 0.5) is 0 Å². The molecular formula is C15H30N2O2. The Morgan fingerprint density at radius 1 is 1.26 bits per heavy atom. The first-order chi connectivity index (χ1) is 9.28. The molecule has 0 bridgehead atoms. The Morgan fingerprint density at radius 3 is 2.79 bits per heavy atom. The highest BCUT2D eigenvalue weighted by atomic mass is 16.5. The van der Waals surface area contributed by atoms with E-state index in [0.717, 1.165) is 45.9 Å². The standard InChI is InChI=1S/C15H30N2O2/c1-3-4-15-11-14(5-8-19-15)16-13(2)12-17-6-9-18-10-7-17/h13-16H,3-12H2,1-2H3. The molecule has 2 fully saturated rings. The van der Waals surface area contributed by atoms with E-state index in [0.29, 0.717) is 18.2 Å². The van der Waals surface area contributed by atoms with Gasteiger partial charge < -0.3 is 14.8 Å². The van der Waals surface area contributed by atoms with E-state index in [4.69, 9.17) is 9.47 Å². The largest absolute Gasteiger partial charge is 0.379 e. The van der Waals surface area contributed by atoms with Gasteiger partial charge in [-0.3, -0.25) is 4.90 Å². The summed E-state index contributed by atoms with van der Waals surface area (Å²) in [6.45, 7) is 10.6. The fourth-order valence-electron chi connectivity index (χ4n) is 3.18. The number of rotatable bonds is 6. The van der Waals surface area contributed by atoms with Crippen molar-refractivity contribution in [3.63, 3.8) is 0 Å². The van der Waals surface area contributed by atoms with E-state index < -0.39 is 0 Å². The number of nitrogens with zero attached hydrogens (tertiary/aromatic N) is 1. The third kappa shape index (κ3) is 5.38. The molecule has 0 aromatic heterocycles. The molecule has 2 aliphatic rings. The van der Waals surface area contributed by atoms with Crippen LogP contribution in [0.1, 0.15) is 39.5 Å². The van der Waals surface area contributed by atoms with Gasteiger partial charge in [0.05, 0.1) is 19.3 Å². The summed E-state index contributed by atoms with van der Waals surface area (Å²) in [4.78, 5) is 2.50. The summed E-state index contributed by atoms with van der Waals surface area (Å²) in [5.41, 5.74) is 0. The number of ether oxygens (including phenoxy) is 2. The van der Waals surface area contributed by atoms with Crippen LogP contribution in [0.3, 0.4) is 0 Å². The average Bonchev–Trinajstić information content (AvgIpc) is 2.40. The van der Waals surface area contributed by atoms with E-state index in [9.17, 15) is 0 Å². The van der Waals surface area contributed by atoms with Crippen LogP contribution >= 0.6 is 0 Å². The van der Waals surface area contributed by atoms with Crippen molar-refractivity contribution in [1.29, 1.82) is 0 Å². The van der Waals surface area contributed by atoms with Gasteiger partial charge in [0.1, 0.15) is 0 Å². The molecular weight excluding hydrogens is 240 g/mol. The minimum Gasteiger partial charge on any atom is -0.379 e.